The Balaban J connectivity index is 0.000000762. The summed E-state index contributed by atoms with van der Waals surface area (Å²) in [5, 5.41) is 0. The normalized spacial score (nSPS) is 11.4. The average molecular weight is 732 g/mol. The predicted molar refractivity (Wildman–Crippen MR) is 167 cm³/mol. The molecule has 2 aromatic rings. The van der Waals surface area contributed by atoms with Gasteiger partial charge in [-0.2, -0.15) is 0 Å². The van der Waals surface area contributed by atoms with Crippen molar-refractivity contribution in [1.29, 1.82) is 0 Å². The smallest absolute Gasteiger partial charge is 0.744 e. The van der Waals surface area contributed by atoms with Crippen molar-refractivity contribution in [3.8, 4) is 0 Å². The third-order valence-electron chi connectivity index (χ3n) is 7.06. The number of hydrogen-bond donors (Lipinski definition) is 0. The van der Waals surface area contributed by atoms with Crippen LogP contribution in [-0.4, -0.2) is 74.8 Å². The van der Waals surface area contributed by atoms with Gasteiger partial charge in [-0.1, -0.05) is 128 Å². The van der Waals surface area contributed by atoms with Gasteiger partial charge in [-0.3, -0.25) is 0 Å². The van der Waals surface area contributed by atoms with Gasteiger partial charge in [0.25, 0.3) is 0 Å². The molecule has 0 saturated heterocycles. The van der Waals surface area contributed by atoms with Crippen LogP contribution in [0.25, 0.3) is 0 Å². The van der Waals surface area contributed by atoms with Crippen LogP contribution in [0.4, 0.5) is 0 Å². The van der Waals surface area contributed by atoms with Crippen LogP contribution in [0.1, 0.15) is 128 Å². The molecule has 0 spiro atoms. The van der Waals surface area contributed by atoms with E-state index < -0.39 is 20.2 Å². The van der Waals surface area contributed by atoms with Gasteiger partial charge in [0.15, 0.2) is 0 Å². The third-order valence-corrected chi connectivity index (χ3v) is 8.76. The molecule has 0 saturated carbocycles. The van der Waals surface area contributed by atoms with Gasteiger partial charge in [0.1, 0.15) is 20.2 Å². The summed E-state index contributed by atoms with van der Waals surface area (Å²) < 4.78 is 64.8. The van der Waals surface area contributed by atoms with E-state index in [2.05, 4.69) is 13.8 Å². The molecule has 41 heavy (non-hydrogen) atoms. The summed E-state index contributed by atoms with van der Waals surface area (Å²) in [6.07, 6.45) is 22.4. The third kappa shape index (κ3) is 21.2. The summed E-state index contributed by atoms with van der Waals surface area (Å²) in [6.45, 7) is 4.45. The fraction of sp³-hybridized carbons (Fsp3) is 0.625. The van der Waals surface area contributed by atoms with E-state index in [0.29, 0.717) is 0 Å². The van der Waals surface area contributed by atoms with Crippen LogP contribution in [0.3, 0.4) is 0 Å². The second-order valence-electron chi connectivity index (χ2n) is 10.6. The van der Waals surface area contributed by atoms with E-state index in [1.54, 1.807) is 24.3 Å². The van der Waals surface area contributed by atoms with E-state index >= 15 is 0 Å². The minimum absolute atomic E-state index is 0. The summed E-state index contributed by atoms with van der Waals surface area (Å²) in [5.41, 5.74) is 2.20. The Labute approximate surface area is 291 Å². The SMILES string of the molecule is CCCCCCCCCCc1ccc(S(=O)(=O)[O-])cc1.CCCCCCCCCCc1ccc(S(=O)(=O)[O-])cc1.[Ba+2]. The molecule has 0 aliphatic heterocycles. The molecule has 0 aromatic heterocycles. The van der Waals surface area contributed by atoms with Crippen LogP contribution in [0, 0.1) is 0 Å². The molecule has 0 amide bonds. The molecule has 0 aliphatic carbocycles. The molecule has 0 aliphatic rings. The number of benzene rings is 2. The Bertz CT molecular complexity index is 1020. The zero-order valence-corrected chi connectivity index (χ0v) is 31.4. The van der Waals surface area contributed by atoms with E-state index in [4.69, 9.17) is 0 Å². The molecule has 9 heteroatoms. The van der Waals surface area contributed by atoms with E-state index in [1.807, 2.05) is 0 Å². The second-order valence-corrected chi connectivity index (χ2v) is 13.4. The van der Waals surface area contributed by atoms with Crippen LogP contribution in [-0.2, 0) is 33.1 Å². The first kappa shape index (κ1) is 40.8. The standard InChI is InChI=1S/2C16H26O3S.Ba/c2*1-2-3-4-5-6-7-8-9-10-15-11-13-16(14-12-15)20(17,18)19;/h2*11-14H,2-10H2,1H3,(H,17,18,19);/q;;+2/p-2. The van der Waals surface area contributed by atoms with Gasteiger partial charge in [-0.15, -0.1) is 0 Å². The molecular weight excluding hydrogens is 682 g/mol. The minimum atomic E-state index is -4.31. The topological polar surface area (TPSA) is 114 Å². The molecule has 0 radical (unpaired) electrons. The Morgan fingerprint density at radius 2 is 0.683 bits per heavy atom. The molecule has 0 atom stereocenters. The summed E-state index contributed by atoms with van der Waals surface area (Å²) in [6, 6.07) is 12.6. The first-order chi connectivity index (χ1) is 19.1. The number of rotatable bonds is 20. The van der Waals surface area contributed by atoms with Gasteiger partial charge in [0, 0.05) is 0 Å². The van der Waals surface area contributed by atoms with Crippen molar-refractivity contribution in [1.82, 2.24) is 0 Å². The minimum Gasteiger partial charge on any atom is -0.744 e. The van der Waals surface area contributed by atoms with E-state index in [-0.39, 0.29) is 58.7 Å². The Morgan fingerprint density at radius 1 is 0.439 bits per heavy atom. The molecule has 0 unspecified atom stereocenters. The van der Waals surface area contributed by atoms with Crippen molar-refractivity contribution in [2.24, 2.45) is 0 Å². The van der Waals surface area contributed by atoms with Crippen molar-refractivity contribution < 1.29 is 25.9 Å². The molecule has 0 N–H and O–H groups in total. The quantitative estimate of drug-likeness (QED) is 0.0771. The molecular formula is C32H50BaO6S2. The van der Waals surface area contributed by atoms with Gasteiger partial charge in [-0.05, 0) is 61.1 Å². The zero-order valence-electron chi connectivity index (χ0n) is 25.3. The largest absolute Gasteiger partial charge is 2.00 e. The second kappa shape index (κ2) is 24.2. The van der Waals surface area contributed by atoms with Crippen molar-refractivity contribution in [3.05, 3.63) is 59.7 Å². The Hall–Kier alpha value is -0.169. The summed E-state index contributed by atoms with van der Waals surface area (Å²) >= 11 is 0. The van der Waals surface area contributed by atoms with Gasteiger partial charge in [0.2, 0.25) is 0 Å². The van der Waals surface area contributed by atoms with Crippen LogP contribution < -0.4 is 0 Å². The first-order valence-corrected chi connectivity index (χ1v) is 18.0. The zero-order chi connectivity index (χ0) is 29.7. The maximum absolute atomic E-state index is 10.8. The van der Waals surface area contributed by atoms with E-state index in [9.17, 15) is 25.9 Å². The monoisotopic (exact) mass is 732 g/mol. The van der Waals surface area contributed by atoms with Gasteiger partial charge in [0.05, 0.1) is 9.79 Å². The number of hydrogen-bond acceptors (Lipinski definition) is 6. The van der Waals surface area contributed by atoms with Crippen molar-refractivity contribution in [3.63, 3.8) is 0 Å². The fourth-order valence-electron chi connectivity index (χ4n) is 4.57. The summed E-state index contributed by atoms with van der Waals surface area (Å²) in [5.74, 6) is 0. The molecule has 6 nitrogen and oxygen atoms in total. The van der Waals surface area contributed by atoms with Gasteiger partial charge in [-0.25, -0.2) is 16.8 Å². The molecule has 2 rings (SSSR count). The van der Waals surface area contributed by atoms with Gasteiger partial charge < -0.3 is 9.11 Å². The maximum Gasteiger partial charge on any atom is 2.00 e. The van der Waals surface area contributed by atoms with E-state index in [0.717, 1.165) is 36.8 Å². The van der Waals surface area contributed by atoms with Crippen LogP contribution in [0.2, 0.25) is 0 Å². The maximum atomic E-state index is 10.8. The molecule has 0 bridgehead atoms. The van der Waals surface area contributed by atoms with Gasteiger partial charge >= 0.3 is 48.9 Å². The molecule has 0 heterocycles. The van der Waals surface area contributed by atoms with Crippen molar-refractivity contribution in [2.45, 2.75) is 139 Å². The molecule has 228 valence electrons. The molecule has 2 aromatic carbocycles. The number of unbranched alkanes of at least 4 members (excludes halogenated alkanes) is 14. The van der Waals surface area contributed by atoms with E-state index in [1.165, 1.54) is 114 Å². The van der Waals surface area contributed by atoms with Crippen LogP contribution in [0.5, 0.6) is 0 Å². The number of aryl methyl sites for hydroxylation is 2. The average Bonchev–Trinajstić information content (AvgIpc) is 2.91. The Kier molecular flexibility index (Phi) is 24.1. The van der Waals surface area contributed by atoms with Crippen LogP contribution in [0.15, 0.2) is 58.3 Å². The summed E-state index contributed by atoms with van der Waals surface area (Å²) in [4.78, 5) is -0.283. The fourth-order valence-corrected chi connectivity index (χ4v) is 5.51. The van der Waals surface area contributed by atoms with Crippen molar-refractivity contribution >= 4 is 69.1 Å². The summed E-state index contributed by atoms with van der Waals surface area (Å²) in [7, 11) is -8.62. The molecule has 0 fully saturated rings. The first-order valence-electron chi connectivity index (χ1n) is 15.2. The van der Waals surface area contributed by atoms with Crippen LogP contribution >= 0.6 is 0 Å². The predicted octanol–water partition coefficient (Wildman–Crippen LogP) is 8.17. The van der Waals surface area contributed by atoms with Crippen molar-refractivity contribution in [2.75, 3.05) is 0 Å². The Morgan fingerprint density at radius 3 is 0.927 bits per heavy atom.